The maximum absolute atomic E-state index is 13.4. The summed E-state index contributed by atoms with van der Waals surface area (Å²) >= 11 is 0. The maximum Gasteiger partial charge on any atom is 0.309 e. The fraction of sp³-hybridized carbons (Fsp3) is 0.581. The smallest absolute Gasteiger partial charge is 0.309 e. The molecular weight excluding hydrogens is 490 g/mol. The molecule has 3 heterocycles. The third-order valence-corrected chi connectivity index (χ3v) is 8.62. The normalized spacial score (nSPS) is 22.1. The van der Waals surface area contributed by atoms with Gasteiger partial charge in [0.05, 0.1) is 11.5 Å². The zero-order valence-electron chi connectivity index (χ0n) is 23.5. The van der Waals surface area contributed by atoms with E-state index in [4.69, 9.17) is 4.74 Å². The summed E-state index contributed by atoms with van der Waals surface area (Å²) in [5.74, 6) is 1.16. The van der Waals surface area contributed by atoms with Gasteiger partial charge in [-0.1, -0.05) is 71.1 Å². The van der Waals surface area contributed by atoms with Gasteiger partial charge in [-0.2, -0.15) is 0 Å². The van der Waals surface area contributed by atoms with Crippen LogP contribution in [0.1, 0.15) is 81.9 Å². The molecule has 1 aromatic carbocycles. The van der Waals surface area contributed by atoms with Crippen molar-refractivity contribution in [1.29, 1.82) is 0 Å². The van der Waals surface area contributed by atoms with Gasteiger partial charge in [0.25, 0.3) is 5.91 Å². The number of aromatic nitrogens is 3. The summed E-state index contributed by atoms with van der Waals surface area (Å²) in [6.45, 7) is 6.90. The predicted octanol–water partition coefficient (Wildman–Crippen LogP) is 5.14. The van der Waals surface area contributed by atoms with E-state index in [2.05, 4.69) is 46.4 Å². The number of para-hydroxylation sites is 1. The van der Waals surface area contributed by atoms with Crippen LogP contribution in [0.15, 0.2) is 42.9 Å². The minimum absolute atomic E-state index is 0.0495. The highest BCUT2D eigenvalue weighted by Crippen LogP contribution is 2.39. The molecule has 0 radical (unpaired) electrons. The number of ether oxygens (including phenoxy) is 1. The monoisotopic (exact) mass is 533 g/mol. The number of benzene rings is 1. The molecule has 0 bridgehead atoms. The summed E-state index contributed by atoms with van der Waals surface area (Å²) in [6.07, 6.45) is 13.8. The van der Waals surface area contributed by atoms with Gasteiger partial charge in [-0.25, -0.2) is 4.98 Å². The van der Waals surface area contributed by atoms with Gasteiger partial charge in [0, 0.05) is 54.5 Å². The highest BCUT2D eigenvalue weighted by molar-refractivity contribution is 6.06. The minimum Gasteiger partial charge on any atom is -0.460 e. The number of carbonyl (C=O) groups excluding carboxylic acids is 2. The van der Waals surface area contributed by atoms with Crippen molar-refractivity contribution in [3.05, 3.63) is 54.2 Å². The third-order valence-electron chi connectivity index (χ3n) is 8.62. The number of nitrogens with zero attached hydrogens (tertiary/aromatic N) is 1. The van der Waals surface area contributed by atoms with Gasteiger partial charge in [0.2, 0.25) is 0 Å². The number of cyclic esters (lactones) is 1. The van der Waals surface area contributed by atoms with E-state index in [1.54, 1.807) is 18.6 Å². The predicted molar refractivity (Wildman–Crippen MR) is 152 cm³/mol. The van der Waals surface area contributed by atoms with Crippen LogP contribution in [-0.4, -0.2) is 51.6 Å². The van der Waals surface area contributed by atoms with Gasteiger partial charge in [0.1, 0.15) is 11.9 Å². The van der Waals surface area contributed by atoms with Gasteiger partial charge in [-0.15, -0.1) is 0 Å². The molecule has 8 heteroatoms. The van der Waals surface area contributed by atoms with Gasteiger partial charge in [0.15, 0.2) is 0 Å². The van der Waals surface area contributed by atoms with Crippen molar-refractivity contribution in [2.75, 3.05) is 6.54 Å². The summed E-state index contributed by atoms with van der Waals surface area (Å²) in [4.78, 5) is 37.0. The lowest BCUT2D eigenvalue weighted by Gasteiger charge is -2.32. The topological polar surface area (TPSA) is 112 Å². The van der Waals surface area contributed by atoms with Gasteiger partial charge >= 0.3 is 5.97 Å². The lowest BCUT2D eigenvalue weighted by molar-refractivity contribution is -0.147. The number of esters is 1. The molecule has 4 unspecified atom stereocenters. The molecule has 1 aliphatic carbocycles. The number of hydrogen-bond donors (Lipinski definition) is 4. The molecule has 39 heavy (non-hydrogen) atoms. The number of H-pyrrole nitrogens is 2. The lowest BCUT2D eigenvalue weighted by Crippen LogP contribution is -2.50. The van der Waals surface area contributed by atoms with Crippen LogP contribution >= 0.6 is 0 Å². The number of hydrogen-bond acceptors (Lipinski definition) is 5. The standard InChI is InChI=1S/C31H43N5O3/c1-31(2,3)24-17-27(39-30(24)38)26(15-20-9-5-4-6-10-20)34-18-21(16-28-32-13-14-33-28)36-29(37)23-19-35-25-12-8-7-11-22(23)25/h7-8,11-14,19-21,24,26-27,34-35H,4-6,9-10,15-18H2,1-3H3,(H,32,33)(H,36,37). The first-order valence-electron chi connectivity index (χ1n) is 14.6. The Bertz CT molecular complexity index is 1240. The van der Waals surface area contributed by atoms with Crippen LogP contribution in [-0.2, 0) is 16.0 Å². The highest BCUT2D eigenvalue weighted by Gasteiger charge is 2.45. The fourth-order valence-electron chi connectivity index (χ4n) is 6.34. The van der Waals surface area contributed by atoms with Crippen LogP contribution < -0.4 is 10.6 Å². The van der Waals surface area contributed by atoms with Crippen LogP contribution in [0.25, 0.3) is 10.9 Å². The molecule has 1 aliphatic heterocycles. The fourth-order valence-corrected chi connectivity index (χ4v) is 6.34. The van der Waals surface area contributed by atoms with Crippen molar-refractivity contribution in [2.45, 2.75) is 90.3 Å². The largest absolute Gasteiger partial charge is 0.460 e. The van der Waals surface area contributed by atoms with Gasteiger partial charge in [-0.3, -0.25) is 9.59 Å². The average molecular weight is 534 g/mol. The van der Waals surface area contributed by atoms with Crippen LogP contribution in [0, 0.1) is 17.3 Å². The Kier molecular flexibility index (Phi) is 8.40. The molecule has 1 saturated carbocycles. The Hall–Kier alpha value is -3.13. The van der Waals surface area contributed by atoms with Gasteiger partial charge < -0.3 is 25.3 Å². The number of imidazole rings is 1. The van der Waals surface area contributed by atoms with Crippen molar-refractivity contribution in [3.63, 3.8) is 0 Å². The van der Waals surface area contributed by atoms with Crippen molar-refractivity contribution >= 4 is 22.8 Å². The van der Waals surface area contributed by atoms with E-state index in [1.807, 2.05) is 24.3 Å². The maximum atomic E-state index is 13.4. The number of amides is 1. The number of carbonyl (C=O) groups is 2. The Labute approximate surface area is 231 Å². The molecule has 4 atom stereocenters. The molecule has 5 rings (SSSR count). The number of rotatable bonds is 10. The summed E-state index contributed by atoms with van der Waals surface area (Å²) < 4.78 is 6.02. The molecule has 2 aromatic heterocycles. The highest BCUT2D eigenvalue weighted by atomic mass is 16.6. The average Bonchev–Trinajstić information content (AvgIpc) is 3.66. The van der Waals surface area contributed by atoms with Crippen molar-refractivity contribution < 1.29 is 14.3 Å². The Morgan fingerprint density at radius 3 is 2.67 bits per heavy atom. The molecular formula is C31H43N5O3. The molecule has 210 valence electrons. The molecule has 4 N–H and O–H groups in total. The van der Waals surface area contributed by atoms with Crippen molar-refractivity contribution in [3.8, 4) is 0 Å². The second kappa shape index (κ2) is 11.9. The number of nitrogens with one attached hydrogen (secondary N) is 4. The zero-order valence-corrected chi connectivity index (χ0v) is 23.5. The third kappa shape index (κ3) is 6.72. The summed E-state index contributed by atoms with van der Waals surface area (Å²) in [5, 5.41) is 7.92. The summed E-state index contributed by atoms with van der Waals surface area (Å²) in [6, 6.07) is 7.68. The Morgan fingerprint density at radius 1 is 1.15 bits per heavy atom. The quantitative estimate of drug-likeness (QED) is 0.270. The van der Waals surface area contributed by atoms with E-state index in [-0.39, 0.29) is 41.4 Å². The summed E-state index contributed by atoms with van der Waals surface area (Å²) in [5.41, 5.74) is 1.44. The van der Waals surface area contributed by atoms with E-state index in [0.29, 0.717) is 24.4 Å². The molecule has 3 aromatic rings. The first-order chi connectivity index (χ1) is 18.8. The van der Waals surface area contributed by atoms with Crippen LogP contribution in [0.4, 0.5) is 0 Å². The van der Waals surface area contributed by atoms with Crippen molar-refractivity contribution in [2.24, 2.45) is 17.3 Å². The molecule has 2 fully saturated rings. The molecule has 0 spiro atoms. The van der Waals surface area contributed by atoms with E-state index in [0.717, 1.165) is 29.6 Å². The minimum atomic E-state index is -0.193. The SMILES string of the molecule is CC(C)(C)C1CC(C(CC2CCCCC2)NCC(Cc2ncc[nH]2)NC(=O)c2c[nH]c3ccccc23)OC1=O. The first kappa shape index (κ1) is 27.4. The first-order valence-corrected chi connectivity index (χ1v) is 14.6. The van der Waals surface area contributed by atoms with Crippen molar-refractivity contribution in [1.82, 2.24) is 25.6 Å². The van der Waals surface area contributed by atoms with Crippen LogP contribution in [0.2, 0.25) is 0 Å². The molecule has 2 aliphatic rings. The van der Waals surface area contributed by atoms with Crippen LogP contribution in [0.5, 0.6) is 0 Å². The Balaban J connectivity index is 1.31. The second-order valence-corrected chi connectivity index (χ2v) is 12.5. The van der Waals surface area contributed by atoms with E-state index >= 15 is 0 Å². The molecule has 8 nitrogen and oxygen atoms in total. The van der Waals surface area contributed by atoms with E-state index in [9.17, 15) is 9.59 Å². The van der Waals surface area contributed by atoms with Crippen LogP contribution in [0.3, 0.4) is 0 Å². The number of fused-ring (bicyclic) bond motifs is 1. The Morgan fingerprint density at radius 2 is 1.95 bits per heavy atom. The molecule has 1 saturated heterocycles. The lowest BCUT2D eigenvalue weighted by atomic mass is 9.77. The zero-order chi connectivity index (χ0) is 27.4. The number of aromatic amines is 2. The second-order valence-electron chi connectivity index (χ2n) is 12.5. The summed E-state index contributed by atoms with van der Waals surface area (Å²) in [7, 11) is 0. The van der Waals surface area contributed by atoms with E-state index < -0.39 is 0 Å². The van der Waals surface area contributed by atoms with E-state index in [1.165, 1.54) is 32.1 Å². The molecule has 1 amide bonds. The van der Waals surface area contributed by atoms with Gasteiger partial charge in [-0.05, 0) is 30.2 Å².